The van der Waals surface area contributed by atoms with E-state index in [0.29, 0.717) is 28.7 Å². The van der Waals surface area contributed by atoms with Crippen LogP contribution in [0.2, 0.25) is 10.0 Å². The Balaban J connectivity index is 2.00. The van der Waals surface area contributed by atoms with E-state index in [1.807, 2.05) is 0 Å². The summed E-state index contributed by atoms with van der Waals surface area (Å²) in [5.41, 5.74) is 6.47. The van der Waals surface area contributed by atoms with Crippen LogP contribution in [0.15, 0.2) is 18.2 Å². The molecule has 20 heavy (non-hydrogen) atoms. The van der Waals surface area contributed by atoms with Crippen molar-refractivity contribution in [3.05, 3.63) is 28.2 Å². The minimum Gasteiger partial charge on any atom is -0.330 e. The standard InChI is InChI=1S/C15H20Cl2N2O/c16-11-4-5-13(12(17)8-11)19-14(20)9-15(10-18)6-2-1-3-7-15/h4-5,8H,1-3,6-7,9-10,18H2,(H,19,20). The fraction of sp³-hybridized carbons (Fsp3) is 0.533. The molecule has 0 heterocycles. The second-order valence-corrected chi connectivity index (χ2v) is 6.46. The first kappa shape index (κ1) is 15.6. The summed E-state index contributed by atoms with van der Waals surface area (Å²) in [5.74, 6) is -0.0263. The Morgan fingerprint density at radius 3 is 2.55 bits per heavy atom. The molecular formula is C15H20Cl2N2O. The third-order valence-electron chi connectivity index (χ3n) is 4.09. The predicted octanol–water partition coefficient (Wildman–Crippen LogP) is 4.23. The fourth-order valence-electron chi connectivity index (χ4n) is 2.88. The third-order valence-corrected chi connectivity index (χ3v) is 4.64. The molecule has 0 saturated heterocycles. The van der Waals surface area contributed by atoms with E-state index < -0.39 is 0 Å². The summed E-state index contributed by atoms with van der Waals surface area (Å²) in [6.07, 6.45) is 6.09. The maximum atomic E-state index is 12.2. The smallest absolute Gasteiger partial charge is 0.225 e. The van der Waals surface area contributed by atoms with Crippen molar-refractivity contribution in [3.63, 3.8) is 0 Å². The van der Waals surface area contributed by atoms with Crippen LogP contribution in [0.3, 0.4) is 0 Å². The first-order valence-corrected chi connectivity index (χ1v) is 7.75. The van der Waals surface area contributed by atoms with E-state index in [1.54, 1.807) is 18.2 Å². The molecule has 110 valence electrons. The molecule has 1 aromatic carbocycles. The van der Waals surface area contributed by atoms with E-state index >= 15 is 0 Å². The topological polar surface area (TPSA) is 55.1 Å². The molecule has 0 aliphatic heterocycles. The average Bonchev–Trinajstić information content (AvgIpc) is 2.43. The van der Waals surface area contributed by atoms with E-state index in [2.05, 4.69) is 5.32 Å². The molecule has 0 bridgehead atoms. The van der Waals surface area contributed by atoms with E-state index in [0.717, 1.165) is 25.7 Å². The molecule has 0 spiro atoms. The van der Waals surface area contributed by atoms with Crippen LogP contribution < -0.4 is 11.1 Å². The molecule has 3 nitrogen and oxygen atoms in total. The summed E-state index contributed by atoms with van der Waals surface area (Å²) in [6.45, 7) is 0.564. The lowest BCUT2D eigenvalue weighted by molar-refractivity contribution is -0.118. The number of carbonyl (C=O) groups excluding carboxylic acids is 1. The number of amides is 1. The van der Waals surface area contributed by atoms with Crippen LogP contribution in [0.1, 0.15) is 38.5 Å². The second-order valence-electron chi connectivity index (χ2n) is 5.61. The Kier molecular flexibility index (Phi) is 5.30. The number of carbonyl (C=O) groups is 1. The molecule has 1 aromatic rings. The Bertz CT molecular complexity index is 485. The minimum atomic E-state index is -0.0404. The molecule has 1 amide bonds. The Labute approximate surface area is 129 Å². The van der Waals surface area contributed by atoms with Gasteiger partial charge in [-0.25, -0.2) is 0 Å². The molecule has 0 atom stereocenters. The Hall–Kier alpha value is -0.770. The van der Waals surface area contributed by atoms with Gasteiger partial charge in [0.05, 0.1) is 10.7 Å². The first-order chi connectivity index (χ1) is 9.54. The zero-order chi connectivity index (χ0) is 14.6. The van der Waals surface area contributed by atoms with Gasteiger partial charge in [-0.1, -0.05) is 42.5 Å². The number of hydrogen-bond donors (Lipinski definition) is 2. The molecule has 3 N–H and O–H groups in total. The van der Waals surface area contributed by atoms with Crippen LogP contribution >= 0.6 is 23.2 Å². The van der Waals surface area contributed by atoms with Gasteiger partial charge in [-0.2, -0.15) is 0 Å². The second kappa shape index (κ2) is 6.79. The monoisotopic (exact) mass is 314 g/mol. The van der Waals surface area contributed by atoms with Crippen molar-refractivity contribution in [2.75, 3.05) is 11.9 Å². The SMILES string of the molecule is NCC1(CC(=O)Nc2ccc(Cl)cc2Cl)CCCCC1. The molecular weight excluding hydrogens is 295 g/mol. The summed E-state index contributed by atoms with van der Waals surface area (Å²) in [7, 11) is 0. The normalized spacial score (nSPS) is 17.8. The van der Waals surface area contributed by atoms with Crippen molar-refractivity contribution in [1.82, 2.24) is 0 Å². The summed E-state index contributed by atoms with van der Waals surface area (Å²) in [5, 5.41) is 3.87. The van der Waals surface area contributed by atoms with Gasteiger partial charge in [0.15, 0.2) is 0 Å². The van der Waals surface area contributed by atoms with Crippen molar-refractivity contribution in [3.8, 4) is 0 Å². The van der Waals surface area contributed by atoms with Crippen molar-refractivity contribution < 1.29 is 4.79 Å². The lowest BCUT2D eigenvalue weighted by Crippen LogP contribution is -2.36. The molecule has 5 heteroatoms. The maximum absolute atomic E-state index is 12.2. The molecule has 0 unspecified atom stereocenters. The van der Waals surface area contributed by atoms with Crippen molar-refractivity contribution in [2.45, 2.75) is 38.5 Å². The molecule has 0 aromatic heterocycles. The van der Waals surface area contributed by atoms with Gasteiger partial charge in [-0.3, -0.25) is 4.79 Å². The number of nitrogens with one attached hydrogen (secondary N) is 1. The highest BCUT2D eigenvalue weighted by Gasteiger charge is 2.33. The number of hydrogen-bond acceptors (Lipinski definition) is 2. The van der Waals surface area contributed by atoms with Crippen LogP contribution in [0, 0.1) is 5.41 Å². The van der Waals surface area contributed by atoms with Gasteiger partial charge >= 0.3 is 0 Å². The van der Waals surface area contributed by atoms with E-state index in [9.17, 15) is 4.79 Å². The molecule has 1 saturated carbocycles. The number of rotatable bonds is 4. The van der Waals surface area contributed by atoms with Gasteiger partial charge in [0, 0.05) is 11.4 Å². The zero-order valence-corrected chi connectivity index (χ0v) is 12.9. The van der Waals surface area contributed by atoms with Gasteiger partial charge in [-0.15, -0.1) is 0 Å². The largest absolute Gasteiger partial charge is 0.330 e. The van der Waals surface area contributed by atoms with E-state index in [4.69, 9.17) is 28.9 Å². The number of anilines is 1. The van der Waals surface area contributed by atoms with Crippen molar-refractivity contribution >= 4 is 34.8 Å². The molecule has 1 aliphatic rings. The highest BCUT2D eigenvalue weighted by molar-refractivity contribution is 6.36. The van der Waals surface area contributed by atoms with E-state index in [1.165, 1.54) is 6.42 Å². The fourth-order valence-corrected chi connectivity index (χ4v) is 3.34. The van der Waals surface area contributed by atoms with Crippen LogP contribution in [-0.4, -0.2) is 12.5 Å². The average molecular weight is 315 g/mol. The maximum Gasteiger partial charge on any atom is 0.225 e. The zero-order valence-electron chi connectivity index (χ0n) is 11.4. The number of benzene rings is 1. The lowest BCUT2D eigenvalue weighted by atomic mass is 9.71. The highest BCUT2D eigenvalue weighted by atomic mass is 35.5. The van der Waals surface area contributed by atoms with Gasteiger partial charge < -0.3 is 11.1 Å². The van der Waals surface area contributed by atoms with Gasteiger partial charge in [0.2, 0.25) is 5.91 Å². The van der Waals surface area contributed by atoms with Crippen LogP contribution in [-0.2, 0) is 4.79 Å². The van der Waals surface area contributed by atoms with E-state index in [-0.39, 0.29) is 11.3 Å². The summed E-state index contributed by atoms with van der Waals surface area (Å²) in [6, 6.07) is 5.05. The quantitative estimate of drug-likeness (QED) is 0.873. The van der Waals surface area contributed by atoms with Crippen molar-refractivity contribution in [1.29, 1.82) is 0 Å². The Morgan fingerprint density at radius 2 is 1.95 bits per heavy atom. The first-order valence-electron chi connectivity index (χ1n) is 7.00. The molecule has 1 fully saturated rings. The summed E-state index contributed by atoms with van der Waals surface area (Å²) >= 11 is 11.9. The lowest BCUT2D eigenvalue weighted by Gasteiger charge is -2.35. The Morgan fingerprint density at radius 1 is 1.25 bits per heavy atom. The van der Waals surface area contributed by atoms with Crippen LogP contribution in [0.25, 0.3) is 0 Å². The van der Waals surface area contributed by atoms with Crippen LogP contribution in [0.5, 0.6) is 0 Å². The van der Waals surface area contributed by atoms with Crippen LogP contribution in [0.4, 0.5) is 5.69 Å². The summed E-state index contributed by atoms with van der Waals surface area (Å²) < 4.78 is 0. The number of halogens is 2. The number of nitrogens with two attached hydrogens (primary N) is 1. The molecule has 1 aliphatic carbocycles. The van der Waals surface area contributed by atoms with Gasteiger partial charge in [-0.05, 0) is 43.0 Å². The highest BCUT2D eigenvalue weighted by Crippen LogP contribution is 2.38. The van der Waals surface area contributed by atoms with Gasteiger partial charge in [0.25, 0.3) is 0 Å². The predicted molar refractivity (Wildman–Crippen MR) is 84.3 cm³/mol. The summed E-state index contributed by atoms with van der Waals surface area (Å²) in [4.78, 5) is 12.2. The third kappa shape index (κ3) is 3.87. The molecule has 0 radical (unpaired) electrons. The van der Waals surface area contributed by atoms with Gasteiger partial charge in [0.1, 0.15) is 0 Å². The van der Waals surface area contributed by atoms with Crippen molar-refractivity contribution in [2.24, 2.45) is 11.1 Å². The molecule has 2 rings (SSSR count). The minimum absolute atomic E-state index is 0.0263.